The standard InChI is InChI=1S/C22H24FN3O2/c23-19-4-1-2-5-20(19)24-12-14-25(15-13-24)22(28)18-9-7-17(8-10-18)16-26-11-3-6-21(26)27/h1-2,4-5,7-10H,3,6,11-16H2. The highest BCUT2D eigenvalue weighted by Gasteiger charge is 2.24. The average Bonchev–Trinajstić information content (AvgIpc) is 3.13. The summed E-state index contributed by atoms with van der Waals surface area (Å²) >= 11 is 0. The fraction of sp³-hybridized carbons (Fsp3) is 0.364. The molecule has 2 heterocycles. The van der Waals surface area contributed by atoms with Crippen LogP contribution in [0.4, 0.5) is 10.1 Å². The van der Waals surface area contributed by atoms with Crippen LogP contribution in [0.15, 0.2) is 48.5 Å². The number of hydrogen-bond donors (Lipinski definition) is 0. The van der Waals surface area contributed by atoms with Crippen molar-refractivity contribution in [2.45, 2.75) is 19.4 Å². The number of anilines is 1. The van der Waals surface area contributed by atoms with Crippen LogP contribution in [-0.2, 0) is 11.3 Å². The Balaban J connectivity index is 1.35. The summed E-state index contributed by atoms with van der Waals surface area (Å²) in [5, 5.41) is 0. The van der Waals surface area contributed by atoms with Crippen LogP contribution in [-0.4, -0.2) is 54.3 Å². The summed E-state index contributed by atoms with van der Waals surface area (Å²) in [5.41, 5.74) is 2.28. The molecule has 4 rings (SSSR count). The minimum absolute atomic E-state index is 0.00279. The van der Waals surface area contributed by atoms with Gasteiger partial charge in [-0.25, -0.2) is 4.39 Å². The molecular weight excluding hydrogens is 357 g/mol. The smallest absolute Gasteiger partial charge is 0.253 e. The molecule has 2 aliphatic heterocycles. The Hall–Kier alpha value is -2.89. The number of benzene rings is 2. The maximum Gasteiger partial charge on any atom is 0.253 e. The van der Waals surface area contributed by atoms with Gasteiger partial charge in [0, 0.05) is 51.3 Å². The van der Waals surface area contributed by atoms with Crippen molar-refractivity contribution in [2.24, 2.45) is 0 Å². The molecule has 2 amide bonds. The Morgan fingerprint density at radius 1 is 0.929 bits per heavy atom. The second-order valence-electron chi connectivity index (χ2n) is 7.35. The van der Waals surface area contributed by atoms with Crippen LogP contribution in [0, 0.1) is 5.82 Å². The van der Waals surface area contributed by atoms with Gasteiger partial charge in [-0.3, -0.25) is 9.59 Å². The third-order valence-electron chi connectivity index (χ3n) is 5.51. The molecule has 2 aliphatic rings. The molecule has 0 bridgehead atoms. The zero-order valence-electron chi connectivity index (χ0n) is 15.8. The molecule has 5 nitrogen and oxygen atoms in total. The van der Waals surface area contributed by atoms with E-state index in [-0.39, 0.29) is 17.6 Å². The van der Waals surface area contributed by atoms with E-state index in [1.165, 1.54) is 6.07 Å². The lowest BCUT2D eigenvalue weighted by Crippen LogP contribution is -2.49. The first kappa shape index (κ1) is 18.5. The van der Waals surface area contributed by atoms with Gasteiger partial charge in [0.15, 0.2) is 0 Å². The number of halogens is 1. The highest BCUT2D eigenvalue weighted by molar-refractivity contribution is 5.94. The lowest BCUT2D eigenvalue weighted by molar-refractivity contribution is -0.128. The van der Waals surface area contributed by atoms with E-state index in [4.69, 9.17) is 0 Å². The summed E-state index contributed by atoms with van der Waals surface area (Å²) in [6, 6.07) is 14.3. The maximum absolute atomic E-state index is 14.0. The SMILES string of the molecule is O=C1CCCN1Cc1ccc(C(=O)N2CCN(c3ccccc3F)CC2)cc1. The van der Waals surface area contributed by atoms with Gasteiger partial charge in [0.05, 0.1) is 5.69 Å². The number of piperazine rings is 1. The Morgan fingerprint density at radius 3 is 2.29 bits per heavy atom. The van der Waals surface area contributed by atoms with Crippen molar-refractivity contribution >= 4 is 17.5 Å². The molecule has 2 fully saturated rings. The van der Waals surface area contributed by atoms with E-state index < -0.39 is 0 Å². The van der Waals surface area contributed by atoms with E-state index in [1.807, 2.05) is 45.0 Å². The van der Waals surface area contributed by atoms with Crippen molar-refractivity contribution in [3.63, 3.8) is 0 Å². The summed E-state index contributed by atoms with van der Waals surface area (Å²) in [6.07, 6.45) is 1.56. The van der Waals surface area contributed by atoms with Gasteiger partial charge in [0.25, 0.3) is 5.91 Å². The number of amides is 2. The number of carbonyl (C=O) groups is 2. The lowest BCUT2D eigenvalue weighted by atomic mass is 10.1. The van der Waals surface area contributed by atoms with Crippen molar-refractivity contribution in [3.8, 4) is 0 Å². The minimum Gasteiger partial charge on any atom is -0.366 e. The summed E-state index contributed by atoms with van der Waals surface area (Å²) in [6.45, 7) is 3.78. The van der Waals surface area contributed by atoms with Crippen molar-refractivity contribution in [2.75, 3.05) is 37.6 Å². The molecule has 0 saturated carbocycles. The van der Waals surface area contributed by atoms with Crippen LogP contribution in [0.25, 0.3) is 0 Å². The number of hydrogen-bond acceptors (Lipinski definition) is 3. The first-order valence-electron chi connectivity index (χ1n) is 9.77. The molecule has 6 heteroatoms. The molecule has 0 aliphatic carbocycles. The van der Waals surface area contributed by atoms with Gasteiger partial charge >= 0.3 is 0 Å². The van der Waals surface area contributed by atoms with Crippen LogP contribution in [0.5, 0.6) is 0 Å². The molecule has 146 valence electrons. The van der Waals surface area contributed by atoms with Crippen molar-refractivity contribution in [1.82, 2.24) is 9.80 Å². The third-order valence-corrected chi connectivity index (χ3v) is 5.51. The number of nitrogens with zero attached hydrogens (tertiary/aromatic N) is 3. The largest absolute Gasteiger partial charge is 0.366 e. The van der Waals surface area contributed by atoms with Gasteiger partial charge in [-0.1, -0.05) is 24.3 Å². The van der Waals surface area contributed by atoms with Crippen LogP contribution < -0.4 is 4.90 Å². The number of rotatable bonds is 4. The van der Waals surface area contributed by atoms with Crippen LogP contribution in [0.2, 0.25) is 0 Å². The minimum atomic E-state index is -0.227. The highest BCUT2D eigenvalue weighted by atomic mass is 19.1. The quantitative estimate of drug-likeness (QED) is 0.818. The third kappa shape index (κ3) is 3.86. The predicted molar refractivity (Wildman–Crippen MR) is 106 cm³/mol. The number of likely N-dealkylation sites (tertiary alicyclic amines) is 1. The van der Waals surface area contributed by atoms with E-state index in [0.29, 0.717) is 50.4 Å². The molecule has 0 spiro atoms. The second-order valence-corrected chi connectivity index (χ2v) is 7.35. The zero-order chi connectivity index (χ0) is 19.5. The highest BCUT2D eigenvalue weighted by Crippen LogP contribution is 2.21. The summed E-state index contributed by atoms with van der Waals surface area (Å²) in [7, 11) is 0. The average molecular weight is 381 g/mol. The van der Waals surface area contributed by atoms with Gasteiger partial charge in [-0.2, -0.15) is 0 Å². The van der Waals surface area contributed by atoms with Crippen molar-refractivity contribution in [1.29, 1.82) is 0 Å². The van der Waals surface area contributed by atoms with Crippen molar-refractivity contribution < 1.29 is 14.0 Å². The first-order chi connectivity index (χ1) is 13.6. The van der Waals surface area contributed by atoms with Gasteiger partial charge in [-0.15, -0.1) is 0 Å². The Morgan fingerprint density at radius 2 is 1.64 bits per heavy atom. The summed E-state index contributed by atoms with van der Waals surface area (Å²) in [5.74, 6) is -0.0285. The van der Waals surface area contributed by atoms with E-state index in [9.17, 15) is 14.0 Å². The van der Waals surface area contributed by atoms with Gasteiger partial charge in [-0.05, 0) is 36.2 Å². The fourth-order valence-electron chi connectivity index (χ4n) is 3.89. The Kier molecular flexibility index (Phi) is 5.28. The zero-order valence-corrected chi connectivity index (χ0v) is 15.8. The lowest BCUT2D eigenvalue weighted by Gasteiger charge is -2.36. The topological polar surface area (TPSA) is 43.9 Å². The maximum atomic E-state index is 14.0. The Bertz CT molecular complexity index is 860. The van der Waals surface area contributed by atoms with Gasteiger partial charge in [0.2, 0.25) is 5.91 Å². The predicted octanol–water partition coefficient (Wildman–Crippen LogP) is 2.91. The molecule has 0 N–H and O–H groups in total. The molecule has 2 saturated heterocycles. The van der Waals surface area contributed by atoms with E-state index >= 15 is 0 Å². The van der Waals surface area contributed by atoms with E-state index in [0.717, 1.165) is 18.5 Å². The molecule has 0 aromatic heterocycles. The number of carbonyl (C=O) groups excluding carboxylic acids is 2. The van der Waals surface area contributed by atoms with Crippen LogP contribution in [0.1, 0.15) is 28.8 Å². The molecular formula is C22H24FN3O2. The van der Waals surface area contributed by atoms with Crippen LogP contribution in [0.3, 0.4) is 0 Å². The molecule has 28 heavy (non-hydrogen) atoms. The molecule has 0 radical (unpaired) electrons. The Labute approximate surface area is 164 Å². The normalized spacial score (nSPS) is 17.3. The molecule has 0 atom stereocenters. The monoisotopic (exact) mass is 381 g/mol. The number of para-hydroxylation sites is 1. The van der Waals surface area contributed by atoms with E-state index in [2.05, 4.69) is 0 Å². The van der Waals surface area contributed by atoms with Gasteiger partial charge < -0.3 is 14.7 Å². The molecule has 0 unspecified atom stereocenters. The van der Waals surface area contributed by atoms with Crippen molar-refractivity contribution in [3.05, 3.63) is 65.5 Å². The summed E-state index contributed by atoms with van der Waals surface area (Å²) in [4.78, 5) is 30.2. The first-order valence-corrected chi connectivity index (χ1v) is 9.77. The summed E-state index contributed by atoms with van der Waals surface area (Å²) < 4.78 is 14.0. The fourth-order valence-corrected chi connectivity index (χ4v) is 3.89. The molecule has 2 aromatic rings. The van der Waals surface area contributed by atoms with Crippen LogP contribution >= 0.6 is 0 Å². The second kappa shape index (κ2) is 8.00. The van der Waals surface area contributed by atoms with Gasteiger partial charge in [0.1, 0.15) is 5.82 Å². The van der Waals surface area contributed by atoms with E-state index in [1.54, 1.807) is 12.1 Å². The molecule has 2 aromatic carbocycles.